The van der Waals surface area contributed by atoms with Gasteiger partial charge >= 0.3 is 0 Å². The molecule has 5 heterocycles. The van der Waals surface area contributed by atoms with Crippen LogP contribution < -0.4 is 5.56 Å². The lowest BCUT2D eigenvalue weighted by Gasteiger charge is -2.12. The summed E-state index contributed by atoms with van der Waals surface area (Å²) in [6, 6.07) is 5.61. The number of fused-ring (bicyclic) bond motifs is 4. The molecule has 0 aliphatic heterocycles. The summed E-state index contributed by atoms with van der Waals surface area (Å²) in [6.07, 6.45) is 11.6. The molecular formula is C22H19N5O2S2. The van der Waals surface area contributed by atoms with E-state index in [0.717, 1.165) is 40.9 Å². The third-order valence-corrected chi connectivity index (χ3v) is 7.76. The number of rotatable bonds is 5. The zero-order chi connectivity index (χ0) is 20.8. The summed E-state index contributed by atoms with van der Waals surface area (Å²) < 4.78 is 9.19. The summed E-state index contributed by atoms with van der Waals surface area (Å²) >= 11 is 3.20. The van der Waals surface area contributed by atoms with Crippen molar-refractivity contribution in [1.82, 2.24) is 23.9 Å². The van der Waals surface area contributed by atoms with E-state index in [4.69, 9.17) is 9.40 Å². The molecule has 0 amide bonds. The van der Waals surface area contributed by atoms with Crippen LogP contribution in [0.1, 0.15) is 34.7 Å². The lowest BCUT2D eigenvalue weighted by atomic mass is 9.97. The van der Waals surface area contributed by atoms with Crippen molar-refractivity contribution in [2.75, 3.05) is 0 Å². The van der Waals surface area contributed by atoms with Gasteiger partial charge in [0.2, 0.25) is 5.78 Å². The minimum Gasteiger partial charge on any atom is -0.467 e. The Morgan fingerprint density at radius 2 is 2.13 bits per heavy atom. The smallest absolute Gasteiger partial charge is 0.263 e. The van der Waals surface area contributed by atoms with Crippen molar-refractivity contribution in [1.29, 1.82) is 0 Å². The van der Waals surface area contributed by atoms with Gasteiger partial charge in [-0.2, -0.15) is 0 Å². The number of hydrogen-bond acceptors (Lipinski definition) is 7. The van der Waals surface area contributed by atoms with Crippen molar-refractivity contribution in [3.8, 4) is 0 Å². The van der Waals surface area contributed by atoms with E-state index in [1.807, 2.05) is 35.0 Å². The maximum absolute atomic E-state index is 13.6. The molecule has 0 N–H and O–H groups in total. The maximum Gasteiger partial charge on any atom is 0.263 e. The highest BCUT2D eigenvalue weighted by Gasteiger charge is 2.23. The van der Waals surface area contributed by atoms with Crippen molar-refractivity contribution in [3.05, 3.63) is 75.3 Å². The Morgan fingerprint density at radius 3 is 3.00 bits per heavy atom. The molecule has 6 rings (SSSR count). The molecule has 1 aliphatic carbocycles. The van der Waals surface area contributed by atoms with Gasteiger partial charge in [0.15, 0.2) is 5.16 Å². The van der Waals surface area contributed by atoms with Crippen LogP contribution in [0, 0.1) is 0 Å². The minimum absolute atomic E-state index is 0.0277. The molecule has 0 aromatic carbocycles. The van der Waals surface area contributed by atoms with Crippen LogP contribution in [0.15, 0.2) is 57.4 Å². The molecule has 0 spiro atoms. The Hall–Kier alpha value is -2.91. The SMILES string of the molecule is O=c1c2c3c(sc2nc(SCc2cn4cccnc4n2)n1Cc1ccco1)CCCC3. The predicted molar refractivity (Wildman–Crippen MR) is 121 cm³/mol. The zero-order valence-electron chi connectivity index (χ0n) is 16.7. The van der Waals surface area contributed by atoms with Crippen molar-refractivity contribution in [2.45, 2.75) is 43.1 Å². The second-order valence-electron chi connectivity index (χ2n) is 7.60. The highest BCUT2D eigenvalue weighted by molar-refractivity contribution is 7.98. The predicted octanol–water partition coefficient (Wildman–Crippen LogP) is 4.31. The zero-order valence-corrected chi connectivity index (χ0v) is 18.3. The molecule has 0 radical (unpaired) electrons. The number of imidazole rings is 1. The summed E-state index contributed by atoms with van der Waals surface area (Å²) in [4.78, 5) is 29.6. The van der Waals surface area contributed by atoms with Crippen LogP contribution in [0.4, 0.5) is 0 Å². The van der Waals surface area contributed by atoms with E-state index in [9.17, 15) is 4.79 Å². The number of nitrogens with zero attached hydrogens (tertiary/aromatic N) is 5. The molecule has 9 heteroatoms. The van der Waals surface area contributed by atoms with Crippen molar-refractivity contribution < 1.29 is 4.42 Å². The topological polar surface area (TPSA) is 78.2 Å². The van der Waals surface area contributed by atoms with Gasteiger partial charge in [0.05, 0.1) is 23.9 Å². The second kappa shape index (κ2) is 7.65. The van der Waals surface area contributed by atoms with Crippen LogP contribution in [0.25, 0.3) is 16.0 Å². The monoisotopic (exact) mass is 449 g/mol. The number of furan rings is 1. The Bertz CT molecular complexity index is 1420. The minimum atomic E-state index is 0.0277. The first-order valence-electron chi connectivity index (χ1n) is 10.2. The van der Waals surface area contributed by atoms with Gasteiger partial charge in [0.25, 0.3) is 5.56 Å². The third-order valence-electron chi connectivity index (χ3n) is 5.57. The Kier molecular flexibility index (Phi) is 4.65. The van der Waals surface area contributed by atoms with Crippen LogP contribution in [0.2, 0.25) is 0 Å². The summed E-state index contributed by atoms with van der Waals surface area (Å²) in [6.45, 7) is 0.369. The first-order valence-corrected chi connectivity index (χ1v) is 12.1. The number of aromatic nitrogens is 5. The van der Waals surface area contributed by atoms with E-state index in [1.54, 1.807) is 28.4 Å². The van der Waals surface area contributed by atoms with Crippen LogP contribution in [-0.4, -0.2) is 23.9 Å². The quantitative estimate of drug-likeness (QED) is 0.294. The molecule has 5 aromatic rings. The lowest BCUT2D eigenvalue weighted by molar-refractivity contribution is 0.476. The van der Waals surface area contributed by atoms with Crippen LogP contribution in [0.5, 0.6) is 0 Å². The van der Waals surface area contributed by atoms with E-state index in [2.05, 4.69) is 9.97 Å². The first kappa shape index (κ1) is 18.8. The van der Waals surface area contributed by atoms with Crippen LogP contribution >= 0.6 is 23.1 Å². The molecule has 0 bridgehead atoms. The largest absolute Gasteiger partial charge is 0.467 e. The molecule has 0 atom stereocenters. The van der Waals surface area contributed by atoms with Gasteiger partial charge in [0.1, 0.15) is 10.6 Å². The van der Waals surface area contributed by atoms with Gasteiger partial charge in [-0.3, -0.25) is 13.8 Å². The summed E-state index contributed by atoms with van der Waals surface area (Å²) in [5.41, 5.74) is 2.13. The molecule has 1 aliphatic rings. The molecule has 31 heavy (non-hydrogen) atoms. The van der Waals surface area contributed by atoms with Crippen molar-refractivity contribution >= 4 is 39.1 Å². The van der Waals surface area contributed by atoms with E-state index in [0.29, 0.717) is 23.2 Å². The second-order valence-corrected chi connectivity index (χ2v) is 9.63. The number of hydrogen-bond donors (Lipinski definition) is 0. The van der Waals surface area contributed by atoms with Gasteiger partial charge in [-0.05, 0) is 49.4 Å². The Labute approximate surface area is 185 Å². The molecule has 0 saturated heterocycles. The average Bonchev–Trinajstić information content (AvgIpc) is 3.52. The number of aryl methyl sites for hydroxylation is 2. The van der Waals surface area contributed by atoms with E-state index in [1.165, 1.54) is 28.6 Å². The van der Waals surface area contributed by atoms with Gasteiger partial charge in [0, 0.05) is 29.2 Å². The molecule has 0 unspecified atom stereocenters. The number of thiophene rings is 1. The fraction of sp³-hybridized carbons (Fsp3) is 0.273. The summed E-state index contributed by atoms with van der Waals surface area (Å²) in [5.74, 6) is 2.01. The van der Waals surface area contributed by atoms with Crippen LogP contribution in [0.3, 0.4) is 0 Å². The normalized spacial score (nSPS) is 13.8. The average molecular weight is 450 g/mol. The highest BCUT2D eigenvalue weighted by atomic mass is 32.2. The maximum atomic E-state index is 13.6. The molecule has 0 fully saturated rings. The fourth-order valence-corrected chi connectivity index (χ4v) is 6.30. The van der Waals surface area contributed by atoms with Crippen LogP contribution in [-0.2, 0) is 25.1 Å². The van der Waals surface area contributed by atoms with Gasteiger partial charge < -0.3 is 4.42 Å². The van der Waals surface area contributed by atoms with Gasteiger partial charge in [-0.15, -0.1) is 11.3 Å². The Balaban J connectivity index is 1.42. The van der Waals surface area contributed by atoms with Crippen molar-refractivity contribution in [3.63, 3.8) is 0 Å². The summed E-state index contributed by atoms with van der Waals surface area (Å²) in [7, 11) is 0. The lowest BCUT2D eigenvalue weighted by Crippen LogP contribution is -2.24. The standard InChI is InChI=1S/C22H19N5O2S2/c28-20-18-16-6-1-2-7-17(16)31-19(18)25-22(27(20)12-15-5-3-10-29-15)30-13-14-11-26-9-4-8-23-21(26)24-14/h3-5,8-11H,1-2,6-7,12-13H2. The van der Waals surface area contributed by atoms with Crippen molar-refractivity contribution in [2.24, 2.45) is 0 Å². The summed E-state index contributed by atoms with van der Waals surface area (Å²) in [5, 5.41) is 1.49. The van der Waals surface area contributed by atoms with E-state index in [-0.39, 0.29) is 5.56 Å². The van der Waals surface area contributed by atoms with Gasteiger partial charge in [-0.25, -0.2) is 15.0 Å². The third kappa shape index (κ3) is 3.37. The molecular weight excluding hydrogens is 430 g/mol. The number of thioether (sulfide) groups is 1. The Morgan fingerprint density at radius 1 is 1.19 bits per heavy atom. The molecule has 0 saturated carbocycles. The highest BCUT2D eigenvalue weighted by Crippen LogP contribution is 2.35. The van der Waals surface area contributed by atoms with Gasteiger partial charge in [-0.1, -0.05) is 11.8 Å². The first-order chi connectivity index (χ1) is 15.3. The van der Waals surface area contributed by atoms with E-state index >= 15 is 0 Å². The molecule has 7 nitrogen and oxygen atoms in total. The molecule has 156 valence electrons. The molecule has 5 aromatic heterocycles. The fourth-order valence-electron chi connectivity index (χ4n) is 4.12. The van der Waals surface area contributed by atoms with E-state index < -0.39 is 0 Å².